The predicted octanol–water partition coefficient (Wildman–Crippen LogP) is 4.24. The normalized spacial score (nSPS) is 10.6. The quantitative estimate of drug-likeness (QED) is 0.428. The third kappa shape index (κ3) is 4.93. The number of hydrogen-bond donors (Lipinski definition) is 2. The smallest absolute Gasteiger partial charge is 0.323 e. The number of amides is 2. The van der Waals surface area contributed by atoms with Crippen LogP contribution in [-0.2, 0) is 6.61 Å². The number of aromatic nitrogens is 2. The Morgan fingerprint density at radius 1 is 0.941 bits per heavy atom. The molecular weight excluding hydrogens is 436 g/mol. The molecule has 2 aromatic heterocycles. The molecule has 0 aliphatic heterocycles. The summed E-state index contributed by atoms with van der Waals surface area (Å²) in [5, 5.41) is 5.53. The minimum atomic E-state index is -0.486. The summed E-state index contributed by atoms with van der Waals surface area (Å²) in [6.07, 6.45) is 1.68. The maximum atomic E-state index is 12.7. The molecule has 9 nitrogen and oxygen atoms in total. The van der Waals surface area contributed by atoms with Gasteiger partial charge in [0.25, 0.3) is 5.56 Å². The zero-order valence-corrected chi connectivity index (χ0v) is 19.0. The molecule has 2 aromatic carbocycles. The molecule has 0 bridgehead atoms. The summed E-state index contributed by atoms with van der Waals surface area (Å²) in [7, 11) is 3.06. The van der Waals surface area contributed by atoms with Crippen LogP contribution in [0.15, 0.2) is 71.7 Å². The van der Waals surface area contributed by atoms with Crippen molar-refractivity contribution in [3.8, 4) is 17.2 Å². The lowest BCUT2D eigenvalue weighted by Crippen LogP contribution is -2.20. The van der Waals surface area contributed by atoms with Gasteiger partial charge in [-0.1, -0.05) is 18.2 Å². The fraction of sp³-hybridized carbons (Fsp3) is 0.160. The first-order chi connectivity index (χ1) is 16.5. The zero-order valence-electron chi connectivity index (χ0n) is 19.0. The van der Waals surface area contributed by atoms with E-state index in [9.17, 15) is 9.59 Å². The first kappa shape index (κ1) is 22.7. The van der Waals surface area contributed by atoms with Gasteiger partial charge < -0.3 is 24.8 Å². The van der Waals surface area contributed by atoms with E-state index in [-0.39, 0.29) is 12.2 Å². The molecule has 4 rings (SSSR count). The minimum absolute atomic E-state index is 0.0596. The first-order valence-electron chi connectivity index (χ1n) is 10.5. The highest BCUT2D eigenvalue weighted by molar-refractivity contribution is 6.01. The second-order valence-corrected chi connectivity index (χ2v) is 7.40. The summed E-state index contributed by atoms with van der Waals surface area (Å²) in [6, 6.07) is 16.7. The zero-order chi connectivity index (χ0) is 24.1. The SMILES string of the molecule is COc1ccc(OC)c(NC(=O)Nc2ccccc2OCc2cc(=O)n3cccc(C)c3n2)c1. The van der Waals surface area contributed by atoms with E-state index in [1.807, 2.05) is 13.0 Å². The Labute approximate surface area is 195 Å². The van der Waals surface area contributed by atoms with Crippen LogP contribution in [0.2, 0.25) is 0 Å². The molecule has 34 heavy (non-hydrogen) atoms. The molecule has 0 aliphatic rings. The van der Waals surface area contributed by atoms with Crippen LogP contribution in [0.25, 0.3) is 5.65 Å². The second kappa shape index (κ2) is 9.95. The molecule has 0 radical (unpaired) electrons. The first-order valence-corrected chi connectivity index (χ1v) is 10.5. The molecule has 2 amide bonds. The lowest BCUT2D eigenvalue weighted by atomic mass is 10.2. The van der Waals surface area contributed by atoms with E-state index in [1.165, 1.54) is 17.6 Å². The maximum absolute atomic E-state index is 12.7. The van der Waals surface area contributed by atoms with Crippen LogP contribution in [0, 0.1) is 6.92 Å². The number of urea groups is 1. The van der Waals surface area contributed by atoms with Gasteiger partial charge in [-0.25, -0.2) is 9.78 Å². The van der Waals surface area contributed by atoms with Crippen molar-refractivity contribution in [3.05, 3.63) is 88.5 Å². The van der Waals surface area contributed by atoms with E-state index in [1.54, 1.807) is 61.8 Å². The van der Waals surface area contributed by atoms with E-state index in [4.69, 9.17) is 14.2 Å². The predicted molar refractivity (Wildman–Crippen MR) is 129 cm³/mol. The number of carbonyl (C=O) groups is 1. The van der Waals surface area contributed by atoms with Gasteiger partial charge in [0, 0.05) is 18.3 Å². The van der Waals surface area contributed by atoms with Crippen molar-refractivity contribution in [2.75, 3.05) is 24.9 Å². The molecule has 0 saturated carbocycles. The van der Waals surface area contributed by atoms with Crippen molar-refractivity contribution >= 4 is 23.1 Å². The van der Waals surface area contributed by atoms with E-state index >= 15 is 0 Å². The number of carbonyl (C=O) groups excluding carboxylic acids is 1. The number of para-hydroxylation sites is 2. The van der Waals surface area contributed by atoms with Gasteiger partial charge in [0.1, 0.15) is 29.5 Å². The Kier molecular flexibility index (Phi) is 6.63. The molecule has 0 unspecified atom stereocenters. The summed E-state index contributed by atoms with van der Waals surface area (Å²) >= 11 is 0. The van der Waals surface area contributed by atoms with Crippen molar-refractivity contribution in [3.63, 3.8) is 0 Å². The molecule has 0 saturated heterocycles. The van der Waals surface area contributed by atoms with Crippen LogP contribution in [0.4, 0.5) is 16.2 Å². The molecule has 9 heteroatoms. The topological polar surface area (TPSA) is 103 Å². The van der Waals surface area contributed by atoms with Crippen molar-refractivity contribution in [2.24, 2.45) is 0 Å². The second-order valence-electron chi connectivity index (χ2n) is 7.40. The Morgan fingerprint density at radius 2 is 1.74 bits per heavy atom. The Morgan fingerprint density at radius 3 is 2.53 bits per heavy atom. The summed E-state index contributed by atoms with van der Waals surface area (Å²) in [4.78, 5) is 29.6. The summed E-state index contributed by atoms with van der Waals surface area (Å²) < 4.78 is 17.9. The van der Waals surface area contributed by atoms with Crippen LogP contribution in [0.1, 0.15) is 11.3 Å². The van der Waals surface area contributed by atoms with Crippen LogP contribution in [0.3, 0.4) is 0 Å². The minimum Gasteiger partial charge on any atom is -0.497 e. The van der Waals surface area contributed by atoms with Crippen molar-refractivity contribution in [1.82, 2.24) is 9.38 Å². The molecule has 2 N–H and O–H groups in total. The van der Waals surface area contributed by atoms with E-state index in [2.05, 4.69) is 15.6 Å². The third-order valence-corrected chi connectivity index (χ3v) is 5.10. The Bertz CT molecular complexity index is 1400. The van der Waals surface area contributed by atoms with Gasteiger partial charge in [-0.2, -0.15) is 0 Å². The van der Waals surface area contributed by atoms with Crippen LogP contribution >= 0.6 is 0 Å². The number of fused-ring (bicyclic) bond motifs is 1. The third-order valence-electron chi connectivity index (χ3n) is 5.10. The molecule has 0 fully saturated rings. The number of nitrogens with one attached hydrogen (secondary N) is 2. The van der Waals surface area contributed by atoms with Crippen molar-refractivity contribution in [1.29, 1.82) is 0 Å². The molecule has 0 aliphatic carbocycles. The highest BCUT2D eigenvalue weighted by Crippen LogP contribution is 2.30. The molecule has 4 aromatic rings. The number of benzene rings is 2. The van der Waals surface area contributed by atoms with Gasteiger partial charge in [0.2, 0.25) is 0 Å². The number of methoxy groups -OCH3 is 2. The van der Waals surface area contributed by atoms with Gasteiger partial charge in [0.15, 0.2) is 0 Å². The lowest BCUT2D eigenvalue weighted by Gasteiger charge is -2.15. The number of nitrogens with zero attached hydrogens (tertiary/aromatic N) is 2. The number of hydrogen-bond acceptors (Lipinski definition) is 6. The van der Waals surface area contributed by atoms with E-state index in [0.717, 1.165) is 5.56 Å². The van der Waals surface area contributed by atoms with Crippen LogP contribution < -0.4 is 30.4 Å². The van der Waals surface area contributed by atoms with Crippen LogP contribution in [-0.4, -0.2) is 29.6 Å². The monoisotopic (exact) mass is 460 g/mol. The fourth-order valence-corrected chi connectivity index (χ4v) is 3.42. The van der Waals surface area contributed by atoms with E-state index in [0.29, 0.717) is 40.0 Å². The molecule has 2 heterocycles. The average molecular weight is 460 g/mol. The number of ether oxygens (including phenoxy) is 3. The fourth-order valence-electron chi connectivity index (χ4n) is 3.42. The van der Waals surface area contributed by atoms with Gasteiger partial charge >= 0.3 is 6.03 Å². The highest BCUT2D eigenvalue weighted by Gasteiger charge is 2.12. The van der Waals surface area contributed by atoms with Gasteiger partial charge in [0.05, 0.1) is 31.3 Å². The molecular formula is C25H24N4O5. The molecule has 174 valence electrons. The molecule has 0 spiro atoms. The number of pyridine rings is 1. The Balaban J connectivity index is 1.50. The number of anilines is 2. The summed E-state index contributed by atoms with van der Waals surface area (Å²) in [5.74, 6) is 1.50. The summed E-state index contributed by atoms with van der Waals surface area (Å²) in [6.45, 7) is 1.95. The van der Waals surface area contributed by atoms with Gasteiger partial charge in [-0.05, 0) is 42.8 Å². The standard InChI is InChI=1S/C25H24N4O5/c1-16-7-6-12-29-23(30)13-17(26-24(16)29)15-34-22-9-5-4-8-19(22)27-25(31)28-20-14-18(32-2)10-11-21(20)33-3/h4-14H,15H2,1-3H3,(H2,27,28,31). The van der Waals surface area contributed by atoms with Crippen molar-refractivity contribution < 1.29 is 19.0 Å². The number of aryl methyl sites for hydroxylation is 1. The largest absolute Gasteiger partial charge is 0.497 e. The number of rotatable bonds is 7. The van der Waals surface area contributed by atoms with Gasteiger partial charge in [-0.3, -0.25) is 9.20 Å². The summed E-state index contributed by atoms with van der Waals surface area (Å²) in [5.41, 5.74) is 2.66. The van der Waals surface area contributed by atoms with Crippen molar-refractivity contribution in [2.45, 2.75) is 13.5 Å². The highest BCUT2D eigenvalue weighted by atomic mass is 16.5. The Hall–Kier alpha value is -4.53. The maximum Gasteiger partial charge on any atom is 0.323 e. The average Bonchev–Trinajstić information content (AvgIpc) is 2.84. The lowest BCUT2D eigenvalue weighted by molar-refractivity contribution is 0.261. The molecule has 0 atom stereocenters. The van der Waals surface area contributed by atoms with Gasteiger partial charge in [-0.15, -0.1) is 0 Å². The van der Waals surface area contributed by atoms with Crippen LogP contribution in [0.5, 0.6) is 17.2 Å². The van der Waals surface area contributed by atoms with E-state index < -0.39 is 6.03 Å².